The number of thiazole rings is 1. The summed E-state index contributed by atoms with van der Waals surface area (Å²) in [5.74, 6) is 0.507. The third kappa shape index (κ3) is 2.12. The number of benzene rings is 1. The van der Waals surface area contributed by atoms with Gasteiger partial charge in [0.15, 0.2) is 4.34 Å². The van der Waals surface area contributed by atoms with Crippen LogP contribution in [-0.2, 0) is 0 Å². The molecule has 0 saturated heterocycles. The zero-order valence-electron chi connectivity index (χ0n) is 8.59. The van der Waals surface area contributed by atoms with Crippen molar-refractivity contribution in [1.29, 1.82) is 0 Å². The Hall–Kier alpha value is -0.520. The molecule has 0 unspecified atom stereocenters. The molecule has 0 radical (unpaired) electrons. The van der Waals surface area contributed by atoms with E-state index in [-0.39, 0.29) is 5.69 Å². The lowest BCUT2D eigenvalue weighted by atomic mass is 10.3. The van der Waals surface area contributed by atoms with E-state index in [0.717, 1.165) is 16.5 Å². The van der Waals surface area contributed by atoms with Gasteiger partial charge in [-0.15, -0.1) is 11.3 Å². The van der Waals surface area contributed by atoms with Crippen LogP contribution < -0.4 is 5.73 Å². The van der Waals surface area contributed by atoms with Crippen LogP contribution in [0, 0.1) is 5.82 Å². The van der Waals surface area contributed by atoms with Crippen LogP contribution >= 0.6 is 34.7 Å². The summed E-state index contributed by atoms with van der Waals surface area (Å²) in [5, 5.41) is 0.321. The monoisotopic (exact) mass is 276 g/mol. The summed E-state index contributed by atoms with van der Waals surface area (Å²) in [6, 6.07) is 1.22. The Morgan fingerprint density at radius 2 is 2.38 bits per heavy atom. The number of fused-ring (bicyclic) bond motifs is 1. The summed E-state index contributed by atoms with van der Waals surface area (Å²) in [5.41, 5.74) is 6.40. The first-order chi connectivity index (χ1) is 7.63. The number of anilines is 1. The summed E-state index contributed by atoms with van der Waals surface area (Å²) in [7, 11) is 0. The SMILES string of the molecule is CCCSc1nc2c(Cl)cc(F)c(N)c2s1. The minimum atomic E-state index is -0.479. The summed E-state index contributed by atoms with van der Waals surface area (Å²) < 4.78 is 14.9. The second kappa shape index (κ2) is 4.77. The van der Waals surface area contributed by atoms with Gasteiger partial charge >= 0.3 is 0 Å². The summed E-state index contributed by atoms with van der Waals surface area (Å²) in [6.07, 6.45) is 1.07. The van der Waals surface area contributed by atoms with Crippen molar-refractivity contribution in [3.63, 3.8) is 0 Å². The molecular formula is C10H10ClFN2S2. The van der Waals surface area contributed by atoms with Crippen LogP contribution in [0.2, 0.25) is 5.02 Å². The molecule has 0 aliphatic carbocycles. The molecule has 0 aliphatic rings. The van der Waals surface area contributed by atoms with Crippen molar-refractivity contribution >= 4 is 50.6 Å². The average Bonchev–Trinajstić information content (AvgIpc) is 2.68. The molecular weight excluding hydrogens is 267 g/mol. The normalized spacial score (nSPS) is 11.2. The van der Waals surface area contributed by atoms with E-state index in [1.54, 1.807) is 11.8 Å². The van der Waals surface area contributed by atoms with E-state index < -0.39 is 5.82 Å². The van der Waals surface area contributed by atoms with E-state index in [9.17, 15) is 4.39 Å². The Morgan fingerprint density at radius 3 is 3.06 bits per heavy atom. The third-order valence-corrected chi connectivity index (χ3v) is 4.74. The highest BCUT2D eigenvalue weighted by atomic mass is 35.5. The molecule has 0 aliphatic heterocycles. The number of thioether (sulfide) groups is 1. The molecule has 0 spiro atoms. The van der Waals surface area contributed by atoms with Crippen LogP contribution in [0.1, 0.15) is 13.3 Å². The molecule has 0 amide bonds. The molecule has 2 N–H and O–H groups in total. The minimum Gasteiger partial charge on any atom is -0.395 e. The van der Waals surface area contributed by atoms with Crippen LogP contribution in [0.5, 0.6) is 0 Å². The van der Waals surface area contributed by atoms with Crippen LogP contribution in [0.25, 0.3) is 10.2 Å². The van der Waals surface area contributed by atoms with Gasteiger partial charge in [-0.1, -0.05) is 30.3 Å². The predicted molar refractivity (Wildman–Crippen MR) is 70.0 cm³/mol. The average molecular weight is 277 g/mol. The number of hydrogen-bond donors (Lipinski definition) is 1. The Bertz CT molecular complexity index is 527. The van der Waals surface area contributed by atoms with Gasteiger partial charge in [0.05, 0.1) is 15.4 Å². The smallest absolute Gasteiger partial charge is 0.151 e. The minimum absolute atomic E-state index is 0.139. The molecule has 2 aromatic rings. The predicted octanol–water partition coefficient (Wildman–Crippen LogP) is 4.17. The maximum Gasteiger partial charge on any atom is 0.151 e. The Balaban J connectivity index is 2.52. The van der Waals surface area contributed by atoms with Gasteiger partial charge in [-0.3, -0.25) is 0 Å². The topological polar surface area (TPSA) is 38.9 Å². The van der Waals surface area contributed by atoms with E-state index in [4.69, 9.17) is 17.3 Å². The van der Waals surface area contributed by atoms with Crippen molar-refractivity contribution in [2.24, 2.45) is 0 Å². The lowest BCUT2D eigenvalue weighted by molar-refractivity contribution is 0.634. The number of nitrogen functional groups attached to an aromatic ring is 1. The zero-order chi connectivity index (χ0) is 11.7. The lowest BCUT2D eigenvalue weighted by Crippen LogP contribution is -1.90. The molecule has 2 rings (SSSR count). The maximum atomic E-state index is 13.3. The van der Waals surface area contributed by atoms with Gasteiger partial charge < -0.3 is 5.73 Å². The highest BCUT2D eigenvalue weighted by Crippen LogP contribution is 2.38. The molecule has 1 heterocycles. The molecule has 1 aromatic heterocycles. The summed E-state index contributed by atoms with van der Waals surface area (Å²) in [6.45, 7) is 2.10. The fourth-order valence-electron chi connectivity index (χ4n) is 1.26. The summed E-state index contributed by atoms with van der Waals surface area (Å²) >= 11 is 8.96. The number of halogens is 2. The molecule has 86 valence electrons. The van der Waals surface area contributed by atoms with Gasteiger partial charge in [0.1, 0.15) is 11.3 Å². The lowest BCUT2D eigenvalue weighted by Gasteiger charge is -1.98. The van der Waals surface area contributed by atoms with Crippen molar-refractivity contribution < 1.29 is 4.39 Å². The van der Waals surface area contributed by atoms with Gasteiger partial charge in [0.2, 0.25) is 0 Å². The van der Waals surface area contributed by atoms with E-state index in [0.29, 0.717) is 15.2 Å². The van der Waals surface area contributed by atoms with Crippen LogP contribution in [-0.4, -0.2) is 10.7 Å². The van der Waals surface area contributed by atoms with Crippen molar-refractivity contribution in [2.45, 2.75) is 17.7 Å². The van der Waals surface area contributed by atoms with Crippen molar-refractivity contribution in [2.75, 3.05) is 11.5 Å². The molecule has 0 fully saturated rings. The second-order valence-corrected chi connectivity index (χ2v) is 6.01. The van der Waals surface area contributed by atoms with Crippen LogP contribution in [0.15, 0.2) is 10.4 Å². The first-order valence-electron chi connectivity index (χ1n) is 4.80. The highest BCUT2D eigenvalue weighted by Gasteiger charge is 2.14. The maximum absolute atomic E-state index is 13.3. The fraction of sp³-hybridized carbons (Fsp3) is 0.300. The number of hydrogen-bond acceptors (Lipinski definition) is 4. The Kier molecular flexibility index (Phi) is 3.56. The molecule has 16 heavy (non-hydrogen) atoms. The van der Waals surface area contributed by atoms with Crippen molar-refractivity contribution in [1.82, 2.24) is 4.98 Å². The van der Waals surface area contributed by atoms with Crippen LogP contribution in [0.3, 0.4) is 0 Å². The van der Waals surface area contributed by atoms with E-state index in [1.165, 1.54) is 17.4 Å². The Morgan fingerprint density at radius 1 is 1.62 bits per heavy atom. The first-order valence-corrected chi connectivity index (χ1v) is 6.98. The number of nitrogens with zero attached hydrogens (tertiary/aromatic N) is 1. The standard InChI is InChI=1S/C10H10ClFN2S2/c1-2-3-15-10-14-8-5(11)4-6(12)7(13)9(8)16-10/h4H,2-3,13H2,1H3. The van der Waals surface area contributed by atoms with Gasteiger partial charge in [0.25, 0.3) is 0 Å². The molecule has 2 nitrogen and oxygen atoms in total. The zero-order valence-corrected chi connectivity index (χ0v) is 11.0. The number of nitrogens with two attached hydrogens (primary N) is 1. The summed E-state index contributed by atoms with van der Waals surface area (Å²) in [4.78, 5) is 4.35. The third-order valence-electron chi connectivity index (χ3n) is 2.02. The molecule has 0 saturated carbocycles. The van der Waals surface area contributed by atoms with Gasteiger partial charge in [-0.25, -0.2) is 9.37 Å². The number of rotatable bonds is 3. The van der Waals surface area contributed by atoms with Gasteiger partial charge in [0, 0.05) is 5.75 Å². The molecule has 0 bridgehead atoms. The molecule has 6 heteroatoms. The second-order valence-electron chi connectivity index (χ2n) is 3.26. The van der Waals surface area contributed by atoms with Gasteiger partial charge in [-0.2, -0.15) is 0 Å². The fourth-order valence-corrected chi connectivity index (χ4v) is 3.59. The quantitative estimate of drug-likeness (QED) is 0.675. The van der Waals surface area contributed by atoms with Gasteiger partial charge in [-0.05, 0) is 12.5 Å². The van der Waals surface area contributed by atoms with Crippen molar-refractivity contribution in [3.05, 3.63) is 16.9 Å². The molecule has 0 atom stereocenters. The highest BCUT2D eigenvalue weighted by molar-refractivity contribution is 8.01. The number of aromatic nitrogens is 1. The van der Waals surface area contributed by atoms with E-state index in [1.807, 2.05) is 0 Å². The van der Waals surface area contributed by atoms with Crippen molar-refractivity contribution in [3.8, 4) is 0 Å². The molecule has 1 aromatic carbocycles. The van der Waals surface area contributed by atoms with E-state index >= 15 is 0 Å². The Labute approximate surface area is 106 Å². The van der Waals surface area contributed by atoms with E-state index in [2.05, 4.69) is 11.9 Å². The first kappa shape index (κ1) is 12.0. The largest absolute Gasteiger partial charge is 0.395 e. The van der Waals surface area contributed by atoms with Crippen LogP contribution in [0.4, 0.5) is 10.1 Å².